The van der Waals surface area contributed by atoms with Gasteiger partial charge in [-0.15, -0.1) is 0 Å². The van der Waals surface area contributed by atoms with Gasteiger partial charge in [0.05, 0.1) is 12.5 Å². The van der Waals surface area contributed by atoms with E-state index in [0.29, 0.717) is 0 Å². The Labute approximate surface area is 105 Å². The molecular formula is C12H18N2O4. The number of carboxylic acids is 1. The number of nitrogens with one attached hydrogen (secondary N) is 2. The van der Waals surface area contributed by atoms with Gasteiger partial charge in [-0.2, -0.15) is 0 Å². The molecule has 2 aliphatic rings. The Hall–Kier alpha value is -1.59. The van der Waals surface area contributed by atoms with Crippen molar-refractivity contribution in [2.45, 2.75) is 32.2 Å². The maximum atomic E-state index is 11.6. The molecule has 0 heterocycles. The largest absolute Gasteiger partial charge is 0.481 e. The lowest BCUT2D eigenvalue weighted by Crippen LogP contribution is -2.49. The van der Waals surface area contributed by atoms with Gasteiger partial charge >= 0.3 is 5.97 Å². The summed E-state index contributed by atoms with van der Waals surface area (Å²) in [5.74, 6) is -1.41. The van der Waals surface area contributed by atoms with Gasteiger partial charge in [0.1, 0.15) is 0 Å². The summed E-state index contributed by atoms with van der Waals surface area (Å²) in [7, 11) is 0. The lowest BCUT2D eigenvalue weighted by atomic mass is 9.84. The minimum Gasteiger partial charge on any atom is -0.481 e. The minimum atomic E-state index is -0.827. The van der Waals surface area contributed by atoms with Crippen molar-refractivity contribution in [3.05, 3.63) is 0 Å². The van der Waals surface area contributed by atoms with Crippen molar-refractivity contribution in [3.63, 3.8) is 0 Å². The summed E-state index contributed by atoms with van der Waals surface area (Å²) < 4.78 is 0. The monoisotopic (exact) mass is 254 g/mol. The number of carboxylic acid groups (broad SMARTS) is 1. The van der Waals surface area contributed by atoms with Gasteiger partial charge < -0.3 is 15.7 Å². The highest BCUT2D eigenvalue weighted by Crippen LogP contribution is 2.48. The van der Waals surface area contributed by atoms with Crippen molar-refractivity contribution in [1.82, 2.24) is 10.6 Å². The zero-order chi connectivity index (χ0) is 13.3. The molecule has 2 aliphatic carbocycles. The molecule has 0 radical (unpaired) electrons. The van der Waals surface area contributed by atoms with E-state index < -0.39 is 11.9 Å². The number of rotatable bonds is 4. The zero-order valence-corrected chi connectivity index (χ0v) is 10.3. The van der Waals surface area contributed by atoms with Crippen LogP contribution in [0.4, 0.5) is 0 Å². The molecule has 0 aliphatic heterocycles. The minimum absolute atomic E-state index is 0.0877. The molecule has 0 saturated heterocycles. The Morgan fingerprint density at radius 1 is 1.22 bits per heavy atom. The van der Waals surface area contributed by atoms with Gasteiger partial charge in [-0.1, -0.05) is 0 Å². The molecule has 4 atom stereocenters. The molecule has 0 spiro atoms. The van der Waals surface area contributed by atoms with Gasteiger partial charge in [-0.3, -0.25) is 14.4 Å². The van der Waals surface area contributed by atoms with Crippen molar-refractivity contribution in [1.29, 1.82) is 0 Å². The van der Waals surface area contributed by atoms with Gasteiger partial charge in [0.25, 0.3) is 0 Å². The second kappa shape index (κ2) is 4.96. The molecule has 3 N–H and O–H groups in total. The van der Waals surface area contributed by atoms with Crippen LogP contribution in [0, 0.1) is 17.8 Å². The third-order valence-electron chi connectivity index (χ3n) is 4.03. The molecule has 0 aromatic rings. The molecular weight excluding hydrogens is 236 g/mol. The number of hydrogen-bond acceptors (Lipinski definition) is 3. The van der Waals surface area contributed by atoms with E-state index in [1.807, 2.05) is 0 Å². The fourth-order valence-electron chi connectivity index (χ4n) is 3.30. The van der Waals surface area contributed by atoms with E-state index >= 15 is 0 Å². The standard InChI is InChI=1S/C12H18N2O4/c1-6(15)13-5-9(16)14-11-8-3-2-7(4-8)10(11)12(17)18/h7-8,10-11H,2-5H2,1H3,(H,13,15)(H,14,16)(H,17,18). The summed E-state index contributed by atoms with van der Waals surface area (Å²) in [5.41, 5.74) is 0. The van der Waals surface area contributed by atoms with Crippen molar-refractivity contribution in [3.8, 4) is 0 Å². The summed E-state index contributed by atoms with van der Waals surface area (Å²) in [5, 5.41) is 14.4. The highest BCUT2D eigenvalue weighted by atomic mass is 16.4. The van der Waals surface area contributed by atoms with Crippen LogP contribution in [0.15, 0.2) is 0 Å². The molecule has 2 amide bonds. The van der Waals surface area contributed by atoms with Crippen LogP contribution in [0.5, 0.6) is 0 Å². The summed E-state index contributed by atoms with van der Waals surface area (Å²) in [6.07, 6.45) is 2.82. The fraction of sp³-hybridized carbons (Fsp3) is 0.750. The first-order chi connectivity index (χ1) is 8.49. The first kappa shape index (κ1) is 12.9. The van der Waals surface area contributed by atoms with Gasteiger partial charge in [0, 0.05) is 13.0 Å². The quantitative estimate of drug-likeness (QED) is 0.644. The van der Waals surface area contributed by atoms with E-state index in [4.69, 9.17) is 0 Å². The van der Waals surface area contributed by atoms with E-state index in [2.05, 4.69) is 10.6 Å². The lowest BCUT2D eigenvalue weighted by molar-refractivity contribution is -0.144. The molecule has 4 unspecified atom stereocenters. The lowest BCUT2D eigenvalue weighted by Gasteiger charge is -2.28. The van der Waals surface area contributed by atoms with Crippen LogP contribution in [0.25, 0.3) is 0 Å². The van der Waals surface area contributed by atoms with Gasteiger partial charge in [0.2, 0.25) is 11.8 Å². The molecule has 2 fully saturated rings. The topological polar surface area (TPSA) is 95.5 Å². The van der Waals surface area contributed by atoms with Crippen molar-refractivity contribution < 1.29 is 19.5 Å². The van der Waals surface area contributed by atoms with E-state index in [9.17, 15) is 19.5 Å². The molecule has 0 aromatic heterocycles. The summed E-state index contributed by atoms with van der Waals surface area (Å²) in [6.45, 7) is 1.25. The van der Waals surface area contributed by atoms with Gasteiger partial charge in [-0.05, 0) is 31.1 Å². The van der Waals surface area contributed by atoms with Gasteiger partial charge in [-0.25, -0.2) is 0 Å². The molecule has 2 bridgehead atoms. The smallest absolute Gasteiger partial charge is 0.308 e. The van der Waals surface area contributed by atoms with E-state index in [0.717, 1.165) is 19.3 Å². The number of fused-ring (bicyclic) bond motifs is 2. The Morgan fingerprint density at radius 3 is 2.50 bits per heavy atom. The van der Waals surface area contributed by atoms with Gasteiger partial charge in [0.15, 0.2) is 0 Å². The maximum Gasteiger partial charge on any atom is 0.308 e. The third kappa shape index (κ3) is 2.47. The zero-order valence-electron chi connectivity index (χ0n) is 10.3. The Morgan fingerprint density at radius 2 is 1.89 bits per heavy atom. The van der Waals surface area contributed by atoms with E-state index in [-0.39, 0.29) is 36.2 Å². The second-order valence-electron chi connectivity index (χ2n) is 5.20. The Balaban J connectivity index is 1.93. The Bertz CT molecular complexity index is 382. The summed E-state index contributed by atoms with van der Waals surface area (Å²) in [4.78, 5) is 33.6. The number of aliphatic carboxylic acids is 1. The highest BCUT2D eigenvalue weighted by molar-refractivity contribution is 5.84. The maximum absolute atomic E-state index is 11.6. The Kier molecular flexibility index (Phi) is 3.54. The molecule has 0 aromatic carbocycles. The normalized spacial score (nSPS) is 33.2. The number of hydrogen-bond donors (Lipinski definition) is 3. The number of amides is 2. The highest BCUT2D eigenvalue weighted by Gasteiger charge is 2.51. The third-order valence-corrected chi connectivity index (χ3v) is 4.03. The SMILES string of the molecule is CC(=O)NCC(=O)NC1C2CCC(C2)C1C(=O)O. The van der Waals surface area contributed by atoms with E-state index in [1.165, 1.54) is 6.92 Å². The van der Waals surface area contributed by atoms with Crippen molar-refractivity contribution >= 4 is 17.8 Å². The molecule has 100 valence electrons. The predicted molar refractivity (Wildman–Crippen MR) is 62.6 cm³/mol. The van der Waals surface area contributed by atoms with Crippen LogP contribution >= 0.6 is 0 Å². The fourth-order valence-corrected chi connectivity index (χ4v) is 3.30. The number of carbonyl (C=O) groups excluding carboxylic acids is 2. The van der Waals surface area contributed by atoms with Crippen molar-refractivity contribution in [2.24, 2.45) is 17.8 Å². The van der Waals surface area contributed by atoms with Crippen LogP contribution in [0.3, 0.4) is 0 Å². The summed E-state index contributed by atoms with van der Waals surface area (Å²) in [6, 6.07) is -0.275. The van der Waals surface area contributed by atoms with Crippen LogP contribution in [-0.4, -0.2) is 35.5 Å². The first-order valence-electron chi connectivity index (χ1n) is 6.25. The predicted octanol–water partition coefficient (Wildman–Crippen LogP) is -0.262. The van der Waals surface area contributed by atoms with Crippen LogP contribution in [0.1, 0.15) is 26.2 Å². The molecule has 2 saturated carbocycles. The number of carbonyl (C=O) groups is 3. The molecule has 18 heavy (non-hydrogen) atoms. The second-order valence-corrected chi connectivity index (χ2v) is 5.20. The summed E-state index contributed by atoms with van der Waals surface area (Å²) >= 11 is 0. The average molecular weight is 254 g/mol. The van der Waals surface area contributed by atoms with E-state index in [1.54, 1.807) is 0 Å². The molecule has 2 rings (SSSR count). The van der Waals surface area contributed by atoms with Crippen LogP contribution in [0.2, 0.25) is 0 Å². The molecule has 6 nitrogen and oxygen atoms in total. The molecule has 6 heteroatoms. The van der Waals surface area contributed by atoms with Crippen molar-refractivity contribution in [2.75, 3.05) is 6.54 Å². The first-order valence-corrected chi connectivity index (χ1v) is 6.25. The van der Waals surface area contributed by atoms with Crippen LogP contribution in [-0.2, 0) is 14.4 Å². The average Bonchev–Trinajstić information content (AvgIpc) is 2.86. The van der Waals surface area contributed by atoms with Crippen LogP contribution < -0.4 is 10.6 Å².